The van der Waals surface area contributed by atoms with E-state index in [0.29, 0.717) is 45.1 Å². The molecule has 0 spiro atoms. The molecule has 0 fully saturated rings. The van der Waals surface area contributed by atoms with Crippen LogP contribution in [0.25, 0.3) is 32.8 Å². The maximum atomic E-state index is 6.28. The zero-order valence-electron chi connectivity index (χ0n) is 24.3. The lowest BCUT2D eigenvalue weighted by atomic mass is 10.1. The van der Waals surface area contributed by atoms with Crippen molar-refractivity contribution in [2.24, 2.45) is 0 Å². The average Bonchev–Trinajstić information content (AvgIpc) is 3.11. The summed E-state index contributed by atoms with van der Waals surface area (Å²) in [6.07, 6.45) is 0. The van der Waals surface area contributed by atoms with Crippen LogP contribution in [0, 0.1) is 0 Å². The second-order valence-electron chi connectivity index (χ2n) is 10.3. The average molecular weight is 601 g/mol. The Morgan fingerprint density at radius 1 is 0.261 bits per heavy atom. The summed E-state index contributed by atoms with van der Waals surface area (Å²) < 4.78 is 25.1. The van der Waals surface area contributed by atoms with E-state index in [-0.39, 0.29) is 23.5 Å². The lowest BCUT2D eigenvalue weighted by Gasteiger charge is -2.16. The third kappa shape index (κ3) is 5.35. The molecule has 2 aromatic heterocycles. The van der Waals surface area contributed by atoms with Crippen LogP contribution in [-0.2, 0) is 0 Å². The van der Waals surface area contributed by atoms with Gasteiger partial charge in [-0.1, -0.05) is 97.1 Å². The molecular formula is C38H24N4O4. The molecule has 0 saturated heterocycles. The minimum absolute atomic E-state index is 0.177. The fourth-order valence-electron chi connectivity index (χ4n) is 5.08. The standard InChI is InChI=1S/C38H24N4O4/c1-5-15-25(16-6-1)43-35-37(45-27-19-9-3-10-20-27)41-33-31(39-35)29-23-13-14-24-30(29)32-34(33)42-38(46-28-21-11-4-12-22-28)36(40-32)44-26-17-7-2-8-18-26/h1-24H. The van der Waals surface area contributed by atoms with Gasteiger partial charge in [0, 0.05) is 10.8 Å². The van der Waals surface area contributed by atoms with Gasteiger partial charge < -0.3 is 18.9 Å². The van der Waals surface area contributed by atoms with Crippen LogP contribution in [-0.4, -0.2) is 19.9 Å². The molecule has 0 unspecified atom stereocenters. The van der Waals surface area contributed by atoms with Crippen molar-refractivity contribution in [2.75, 3.05) is 0 Å². The summed E-state index contributed by atoms with van der Waals surface area (Å²) in [7, 11) is 0. The summed E-state index contributed by atoms with van der Waals surface area (Å²) in [5.74, 6) is 3.14. The number of hydrogen-bond acceptors (Lipinski definition) is 8. The first kappa shape index (κ1) is 27.0. The molecule has 8 nitrogen and oxygen atoms in total. The molecule has 46 heavy (non-hydrogen) atoms. The van der Waals surface area contributed by atoms with Gasteiger partial charge in [0.15, 0.2) is 0 Å². The Morgan fingerprint density at radius 2 is 0.500 bits per heavy atom. The highest BCUT2D eigenvalue weighted by Gasteiger charge is 2.23. The first-order valence-corrected chi connectivity index (χ1v) is 14.6. The molecule has 8 aromatic rings. The van der Waals surface area contributed by atoms with Crippen molar-refractivity contribution in [3.8, 4) is 46.5 Å². The van der Waals surface area contributed by atoms with E-state index >= 15 is 0 Å². The Labute approximate surface area is 263 Å². The van der Waals surface area contributed by atoms with Crippen molar-refractivity contribution in [3.63, 3.8) is 0 Å². The molecule has 0 aliphatic rings. The molecule has 0 bridgehead atoms. The molecule has 2 heterocycles. The monoisotopic (exact) mass is 600 g/mol. The maximum absolute atomic E-state index is 6.28. The second-order valence-corrected chi connectivity index (χ2v) is 10.3. The van der Waals surface area contributed by atoms with Crippen LogP contribution in [0.2, 0.25) is 0 Å². The number of nitrogens with zero attached hydrogens (tertiary/aromatic N) is 4. The Hall–Kier alpha value is -6.54. The summed E-state index contributed by atoms with van der Waals surface area (Å²) in [5, 5.41) is 1.64. The Kier molecular flexibility index (Phi) is 6.97. The number of benzene rings is 6. The summed E-state index contributed by atoms with van der Waals surface area (Å²) in [6.45, 7) is 0. The van der Waals surface area contributed by atoms with Gasteiger partial charge in [-0.2, -0.15) is 0 Å². The Morgan fingerprint density at radius 3 is 0.783 bits per heavy atom. The SMILES string of the molecule is c1ccc(Oc2nc3c4ccccc4c4nc(Oc5ccccc5)c(Oc5ccccc5)nc4c3nc2Oc2ccccc2)cc1. The van der Waals surface area contributed by atoms with Gasteiger partial charge >= 0.3 is 0 Å². The van der Waals surface area contributed by atoms with Crippen LogP contribution in [0.5, 0.6) is 46.5 Å². The van der Waals surface area contributed by atoms with Gasteiger partial charge in [0.2, 0.25) is 0 Å². The van der Waals surface area contributed by atoms with Gasteiger partial charge in [-0.3, -0.25) is 0 Å². The van der Waals surface area contributed by atoms with Crippen molar-refractivity contribution >= 4 is 32.8 Å². The highest BCUT2D eigenvalue weighted by Crippen LogP contribution is 2.41. The summed E-state index contributed by atoms with van der Waals surface area (Å²) in [6, 6.07) is 45.4. The van der Waals surface area contributed by atoms with Crippen LogP contribution < -0.4 is 18.9 Å². The number of ether oxygens (including phenoxy) is 4. The number of hydrogen-bond donors (Lipinski definition) is 0. The van der Waals surface area contributed by atoms with E-state index in [2.05, 4.69) is 0 Å². The molecule has 0 aliphatic carbocycles. The fraction of sp³-hybridized carbons (Fsp3) is 0. The van der Waals surface area contributed by atoms with Gasteiger partial charge in [0.25, 0.3) is 23.5 Å². The number of para-hydroxylation sites is 4. The van der Waals surface area contributed by atoms with Gasteiger partial charge in [0.1, 0.15) is 45.1 Å². The largest absolute Gasteiger partial charge is 0.435 e. The first-order chi connectivity index (χ1) is 22.8. The Balaban J connectivity index is 1.39. The van der Waals surface area contributed by atoms with Crippen LogP contribution >= 0.6 is 0 Å². The van der Waals surface area contributed by atoms with E-state index in [1.807, 2.05) is 146 Å². The topological polar surface area (TPSA) is 88.5 Å². The predicted octanol–water partition coefficient (Wildman–Crippen LogP) is 9.90. The molecule has 0 N–H and O–H groups in total. The minimum Gasteiger partial charge on any atom is -0.435 e. The first-order valence-electron chi connectivity index (χ1n) is 14.6. The quantitative estimate of drug-likeness (QED) is 0.159. The lowest BCUT2D eigenvalue weighted by molar-refractivity contribution is 0.394. The van der Waals surface area contributed by atoms with Crippen LogP contribution in [0.15, 0.2) is 146 Å². The van der Waals surface area contributed by atoms with Crippen molar-refractivity contribution in [3.05, 3.63) is 146 Å². The second kappa shape index (κ2) is 11.9. The van der Waals surface area contributed by atoms with E-state index in [9.17, 15) is 0 Å². The van der Waals surface area contributed by atoms with Crippen molar-refractivity contribution in [2.45, 2.75) is 0 Å². The summed E-state index contributed by atoms with van der Waals surface area (Å²) in [5.41, 5.74) is 2.09. The van der Waals surface area contributed by atoms with Gasteiger partial charge in [-0.15, -0.1) is 0 Å². The van der Waals surface area contributed by atoms with Crippen molar-refractivity contribution in [1.29, 1.82) is 0 Å². The van der Waals surface area contributed by atoms with Gasteiger partial charge in [0.05, 0.1) is 0 Å². The smallest absolute Gasteiger partial charge is 0.284 e. The third-order valence-corrected chi connectivity index (χ3v) is 7.16. The number of aromatic nitrogens is 4. The lowest BCUT2D eigenvalue weighted by Crippen LogP contribution is -2.02. The number of rotatable bonds is 8. The molecule has 0 atom stereocenters. The molecule has 0 radical (unpaired) electrons. The maximum Gasteiger partial charge on any atom is 0.284 e. The summed E-state index contributed by atoms with van der Waals surface area (Å²) in [4.78, 5) is 20.0. The zero-order valence-corrected chi connectivity index (χ0v) is 24.3. The van der Waals surface area contributed by atoms with E-state index < -0.39 is 0 Å². The van der Waals surface area contributed by atoms with E-state index in [4.69, 9.17) is 38.9 Å². The normalized spacial score (nSPS) is 11.0. The molecule has 0 amide bonds. The predicted molar refractivity (Wildman–Crippen MR) is 176 cm³/mol. The molecular weight excluding hydrogens is 576 g/mol. The third-order valence-electron chi connectivity index (χ3n) is 7.16. The highest BCUT2D eigenvalue weighted by atomic mass is 16.5. The highest BCUT2D eigenvalue weighted by molar-refractivity contribution is 6.20. The molecule has 220 valence electrons. The van der Waals surface area contributed by atoms with Crippen molar-refractivity contribution in [1.82, 2.24) is 19.9 Å². The molecule has 0 saturated carbocycles. The van der Waals surface area contributed by atoms with Crippen LogP contribution in [0.3, 0.4) is 0 Å². The molecule has 8 rings (SSSR count). The van der Waals surface area contributed by atoms with Crippen LogP contribution in [0.4, 0.5) is 0 Å². The fourth-order valence-corrected chi connectivity index (χ4v) is 5.08. The number of fused-ring (bicyclic) bond motifs is 6. The summed E-state index contributed by atoms with van der Waals surface area (Å²) >= 11 is 0. The minimum atomic E-state index is 0.177. The molecule has 6 aromatic carbocycles. The van der Waals surface area contributed by atoms with Gasteiger partial charge in [-0.25, -0.2) is 19.9 Å². The van der Waals surface area contributed by atoms with Crippen molar-refractivity contribution < 1.29 is 18.9 Å². The van der Waals surface area contributed by atoms with E-state index in [0.717, 1.165) is 10.8 Å². The van der Waals surface area contributed by atoms with Crippen LogP contribution in [0.1, 0.15) is 0 Å². The molecule has 8 heteroatoms. The van der Waals surface area contributed by atoms with E-state index in [1.54, 1.807) is 0 Å². The zero-order chi connectivity index (χ0) is 30.7. The molecule has 0 aliphatic heterocycles. The Bertz CT molecular complexity index is 2140. The van der Waals surface area contributed by atoms with Gasteiger partial charge in [-0.05, 0) is 48.5 Å². The van der Waals surface area contributed by atoms with E-state index in [1.165, 1.54) is 0 Å².